The fraction of sp³-hybridized carbons (Fsp3) is 0.571. The lowest BCUT2D eigenvalue weighted by molar-refractivity contribution is 0.0646. The van der Waals surface area contributed by atoms with Gasteiger partial charge in [-0.25, -0.2) is 8.42 Å². The molecular weight excluding hydrogens is 374 g/mol. The third-order valence-corrected chi connectivity index (χ3v) is 7.51. The van der Waals surface area contributed by atoms with Gasteiger partial charge in [-0.2, -0.15) is 4.31 Å². The minimum absolute atomic E-state index is 0.0553. The lowest BCUT2D eigenvalue weighted by Gasteiger charge is -2.30. The number of sulfonamides is 1. The van der Waals surface area contributed by atoms with E-state index < -0.39 is 10.0 Å². The Balaban J connectivity index is 2.00. The van der Waals surface area contributed by atoms with Crippen molar-refractivity contribution in [2.24, 2.45) is 5.92 Å². The zero-order valence-corrected chi connectivity index (χ0v) is 18.2. The van der Waals surface area contributed by atoms with Gasteiger partial charge in [-0.1, -0.05) is 6.92 Å². The van der Waals surface area contributed by atoms with Crippen LogP contribution in [0.25, 0.3) is 10.9 Å². The number of benzene rings is 1. The topological polar surface area (TPSA) is 73.5 Å². The second-order valence-electron chi connectivity index (χ2n) is 8.40. The van der Waals surface area contributed by atoms with E-state index in [1.165, 1.54) is 0 Å². The summed E-state index contributed by atoms with van der Waals surface area (Å²) in [5.74, 6) is 0.471. The monoisotopic (exact) mass is 405 g/mol. The highest BCUT2D eigenvalue weighted by Crippen LogP contribution is 2.28. The number of piperidine rings is 1. The molecule has 1 amide bonds. The van der Waals surface area contributed by atoms with Crippen LogP contribution in [0.2, 0.25) is 0 Å². The summed E-state index contributed by atoms with van der Waals surface area (Å²) in [6, 6.07) is 5.13. The molecule has 1 fully saturated rings. The molecule has 7 heteroatoms. The molecule has 0 atom stereocenters. The van der Waals surface area contributed by atoms with E-state index in [1.807, 2.05) is 32.6 Å². The van der Waals surface area contributed by atoms with E-state index in [1.54, 1.807) is 28.7 Å². The Hall–Kier alpha value is -1.86. The summed E-state index contributed by atoms with van der Waals surface area (Å²) in [6.07, 6.45) is 3.45. The van der Waals surface area contributed by atoms with Crippen LogP contribution >= 0.6 is 0 Å². The van der Waals surface area contributed by atoms with Crippen LogP contribution in [0.15, 0.2) is 29.3 Å². The van der Waals surface area contributed by atoms with Crippen LogP contribution in [-0.2, 0) is 10.0 Å². The number of aromatic nitrogens is 1. The standard InChI is InChI=1S/C21H31N3O3S/c1-14(2)24(15(3)4)21(25)19-13-22-20-7-6-17(12-18(19)20)28(26,27)23-10-8-16(5)9-11-23/h6-7,12-16,22H,8-11H2,1-5H3. The summed E-state index contributed by atoms with van der Waals surface area (Å²) in [4.78, 5) is 18.3. The van der Waals surface area contributed by atoms with Gasteiger partial charge in [-0.15, -0.1) is 0 Å². The highest BCUT2D eigenvalue weighted by molar-refractivity contribution is 7.89. The van der Waals surface area contributed by atoms with Crippen molar-refractivity contribution in [1.82, 2.24) is 14.2 Å². The molecule has 1 N–H and O–H groups in total. The molecule has 154 valence electrons. The molecule has 0 aliphatic carbocycles. The molecule has 0 saturated carbocycles. The lowest BCUT2D eigenvalue weighted by atomic mass is 10.0. The number of aromatic amines is 1. The van der Waals surface area contributed by atoms with E-state index in [9.17, 15) is 13.2 Å². The zero-order valence-electron chi connectivity index (χ0n) is 17.4. The number of rotatable bonds is 5. The Bertz CT molecular complexity index is 946. The first-order chi connectivity index (χ1) is 13.1. The molecule has 2 aromatic rings. The lowest BCUT2D eigenvalue weighted by Crippen LogP contribution is -2.42. The molecule has 6 nitrogen and oxygen atoms in total. The van der Waals surface area contributed by atoms with Crippen molar-refractivity contribution in [3.63, 3.8) is 0 Å². The van der Waals surface area contributed by atoms with Gasteiger partial charge in [0.25, 0.3) is 5.91 Å². The van der Waals surface area contributed by atoms with Gasteiger partial charge in [0.05, 0.1) is 10.5 Å². The summed E-state index contributed by atoms with van der Waals surface area (Å²) in [5.41, 5.74) is 1.28. The summed E-state index contributed by atoms with van der Waals surface area (Å²) < 4.78 is 27.8. The molecule has 1 aliphatic heterocycles. The van der Waals surface area contributed by atoms with Gasteiger partial charge in [0, 0.05) is 42.3 Å². The van der Waals surface area contributed by atoms with Crippen molar-refractivity contribution < 1.29 is 13.2 Å². The fourth-order valence-corrected chi connectivity index (χ4v) is 5.51. The summed E-state index contributed by atoms with van der Waals surface area (Å²) in [7, 11) is -3.56. The highest BCUT2D eigenvalue weighted by atomic mass is 32.2. The van der Waals surface area contributed by atoms with Gasteiger partial charge in [0.15, 0.2) is 0 Å². The quantitative estimate of drug-likeness (QED) is 0.821. The van der Waals surface area contributed by atoms with Crippen LogP contribution in [0, 0.1) is 5.92 Å². The van der Waals surface area contributed by atoms with Crippen LogP contribution in [0.5, 0.6) is 0 Å². The minimum Gasteiger partial charge on any atom is -0.360 e. The maximum Gasteiger partial charge on any atom is 0.256 e. The molecule has 0 radical (unpaired) electrons. The number of hydrogen-bond donors (Lipinski definition) is 1. The molecule has 0 bridgehead atoms. The van der Waals surface area contributed by atoms with Gasteiger partial charge in [-0.3, -0.25) is 4.79 Å². The van der Waals surface area contributed by atoms with E-state index in [4.69, 9.17) is 0 Å². The van der Waals surface area contributed by atoms with E-state index >= 15 is 0 Å². The Kier molecular flexibility index (Phi) is 5.87. The predicted octanol–water partition coefficient (Wildman–Crippen LogP) is 3.85. The largest absolute Gasteiger partial charge is 0.360 e. The van der Waals surface area contributed by atoms with E-state index in [-0.39, 0.29) is 22.9 Å². The van der Waals surface area contributed by atoms with Crippen molar-refractivity contribution in [1.29, 1.82) is 0 Å². The van der Waals surface area contributed by atoms with Crippen molar-refractivity contribution in [3.05, 3.63) is 30.0 Å². The molecule has 0 unspecified atom stereocenters. The maximum absolute atomic E-state index is 13.1. The number of carbonyl (C=O) groups excluding carboxylic acids is 1. The van der Waals surface area contributed by atoms with Crippen molar-refractivity contribution in [2.75, 3.05) is 13.1 Å². The first-order valence-corrected chi connectivity index (χ1v) is 11.5. The molecule has 1 aliphatic rings. The second-order valence-corrected chi connectivity index (χ2v) is 10.3. The number of hydrogen-bond acceptors (Lipinski definition) is 3. The number of fused-ring (bicyclic) bond motifs is 1. The van der Waals surface area contributed by atoms with Gasteiger partial charge in [0.2, 0.25) is 10.0 Å². The minimum atomic E-state index is -3.56. The number of carbonyl (C=O) groups is 1. The van der Waals surface area contributed by atoms with Gasteiger partial charge in [-0.05, 0) is 64.7 Å². The molecule has 2 heterocycles. The number of nitrogens with zero attached hydrogens (tertiary/aromatic N) is 2. The molecule has 0 spiro atoms. The van der Waals surface area contributed by atoms with Crippen LogP contribution in [0.1, 0.15) is 57.8 Å². The van der Waals surface area contributed by atoms with Crippen LogP contribution in [-0.4, -0.2) is 53.7 Å². The normalized spacial score (nSPS) is 17.0. The van der Waals surface area contributed by atoms with Gasteiger partial charge < -0.3 is 9.88 Å². The van der Waals surface area contributed by atoms with Crippen LogP contribution in [0.4, 0.5) is 0 Å². The Labute approximate surface area is 168 Å². The predicted molar refractivity (Wildman–Crippen MR) is 112 cm³/mol. The van der Waals surface area contributed by atoms with Crippen molar-refractivity contribution in [2.45, 2.75) is 64.4 Å². The summed E-state index contributed by atoms with van der Waals surface area (Å²) >= 11 is 0. The number of nitrogens with one attached hydrogen (secondary N) is 1. The third kappa shape index (κ3) is 3.82. The van der Waals surface area contributed by atoms with E-state index in [2.05, 4.69) is 11.9 Å². The molecule has 3 rings (SSSR count). The van der Waals surface area contributed by atoms with Crippen molar-refractivity contribution in [3.8, 4) is 0 Å². The summed E-state index contributed by atoms with van der Waals surface area (Å²) in [5, 5.41) is 0.655. The SMILES string of the molecule is CC1CCN(S(=O)(=O)c2ccc3[nH]cc(C(=O)N(C(C)C)C(C)C)c3c2)CC1. The second kappa shape index (κ2) is 7.87. The summed E-state index contributed by atoms with van der Waals surface area (Å²) in [6.45, 7) is 11.2. The first-order valence-electron chi connectivity index (χ1n) is 10.1. The molecule has 1 aromatic heterocycles. The zero-order chi connectivity index (χ0) is 20.6. The van der Waals surface area contributed by atoms with Crippen molar-refractivity contribution >= 4 is 26.8 Å². The number of H-pyrrole nitrogens is 1. The fourth-order valence-electron chi connectivity index (χ4n) is 4.02. The maximum atomic E-state index is 13.1. The first kappa shape index (κ1) is 20.9. The van der Waals surface area contributed by atoms with Gasteiger partial charge >= 0.3 is 0 Å². The molecule has 28 heavy (non-hydrogen) atoms. The third-order valence-electron chi connectivity index (χ3n) is 5.61. The Morgan fingerprint density at radius 3 is 2.32 bits per heavy atom. The molecule has 1 saturated heterocycles. The van der Waals surface area contributed by atoms with Crippen LogP contribution < -0.4 is 0 Å². The van der Waals surface area contributed by atoms with Crippen LogP contribution in [0.3, 0.4) is 0 Å². The highest BCUT2D eigenvalue weighted by Gasteiger charge is 2.29. The van der Waals surface area contributed by atoms with E-state index in [0.717, 1.165) is 18.4 Å². The Morgan fingerprint density at radius 2 is 1.75 bits per heavy atom. The molecular formula is C21H31N3O3S. The smallest absolute Gasteiger partial charge is 0.256 e. The van der Waals surface area contributed by atoms with E-state index in [0.29, 0.717) is 30.0 Å². The Morgan fingerprint density at radius 1 is 1.14 bits per heavy atom. The average Bonchev–Trinajstić information content (AvgIpc) is 3.04. The van der Waals surface area contributed by atoms with Gasteiger partial charge in [0.1, 0.15) is 0 Å². The number of amides is 1. The average molecular weight is 406 g/mol. The molecule has 1 aromatic carbocycles.